The molecule has 0 saturated heterocycles. The maximum atomic E-state index is 10.5. The Bertz CT molecular complexity index is 350. The summed E-state index contributed by atoms with van der Waals surface area (Å²) < 4.78 is 11.1. The summed E-state index contributed by atoms with van der Waals surface area (Å²) in [6.45, 7) is 0.522. The van der Waals surface area contributed by atoms with Crippen LogP contribution in [0.4, 0.5) is 0 Å². The van der Waals surface area contributed by atoms with Crippen molar-refractivity contribution in [1.29, 1.82) is 0 Å². The highest BCUT2D eigenvalue weighted by Crippen LogP contribution is 2.30. The molecular formula is C11H13BrO3. The standard InChI is InChI=1S/C11H13BrO3/c1-14-7-8-5-9(3-4-13)11(15-2)10(12)6-8/h4-6H,3,7H2,1-2H3. The highest BCUT2D eigenvalue weighted by molar-refractivity contribution is 9.10. The molecule has 0 unspecified atom stereocenters. The van der Waals surface area contributed by atoms with Gasteiger partial charge in [-0.2, -0.15) is 0 Å². The number of hydrogen-bond donors (Lipinski definition) is 0. The van der Waals surface area contributed by atoms with Gasteiger partial charge in [-0.3, -0.25) is 0 Å². The Morgan fingerprint density at radius 2 is 2.13 bits per heavy atom. The van der Waals surface area contributed by atoms with Crippen LogP contribution in [0.5, 0.6) is 5.75 Å². The SMILES string of the molecule is COCc1cc(Br)c(OC)c(CC=O)c1. The van der Waals surface area contributed by atoms with Gasteiger partial charge in [0.1, 0.15) is 12.0 Å². The monoisotopic (exact) mass is 272 g/mol. The number of aldehydes is 1. The molecule has 0 aromatic heterocycles. The fourth-order valence-corrected chi connectivity index (χ4v) is 2.14. The lowest BCUT2D eigenvalue weighted by molar-refractivity contribution is -0.107. The number of halogens is 1. The predicted molar refractivity (Wildman–Crippen MR) is 61.2 cm³/mol. The Kier molecular flexibility index (Phi) is 4.78. The number of carbonyl (C=O) groups is 1. The molecule has 4 heteroatoms. The number of ether oxygens (including phenoxy) is 2. The van der Waals surface area contributed by atoms with Gasteiger partial charge in [0.2, 0.25) is 0 Å². The van der Waals surface area contributed by atoms with Gasteiger partial charge in [0.05, 0.1) is 18.2 Å². The van der Waals surface area contributed by atoms with E-state index in [9.17, 15) is 4.79 Å². The zero-order valence-electron chi connectivity index (χ0n) is 8.75. The Hall–Kier alpha value is -0.870. The third-order valence-electron chi connectivity index (χ3n) is 2.00. The van der Waals surface area contributed by atoms with E-state index in [1.165, 1.54) is 0 Å². The number of hydrogen-bond acceptors (Lipinski definition) is 3. The van der Waals surface area contributed by atoms with E-state index in [1.54, 1.807) is 14.2 Å². The highest BCUT2D eigenvalue weighted by Gasteiger charge is 2.09. The van der Waals surface area contributed by atoms with E-state index in [-0.39, 0.29) is 0 Å². The minimum atomic E-state index is 0.347. The van der Waals surface area contributed by atoms with Crippen molar-refractivity contribution in [3.8, 4) is 5.75 Å². The summed E-state index contributed by atoms with van der Waals surface area (Å²) in [5.41, 5.74) is 1.89. The Morgan fingerprint density at radius 1 is 1.40 bits per heavy atom. The van der Waals surface area contributed by atoms with Crippen molar-refractivity contribution in [2.45, 2.75) is 13.0 Å². The Morgan fingerprint density at radius 3 is 2.67 bits per heavy atom. The minimum absolute atomic E-state index is 0.347. The van der Waals surface area contributed by atoms with Gasteiger partial charge >= 0.3 is 0 Å². The average molecular weight is 273 g/mol. The molecule has 0 saturated carbocycles. The highest BCUT2D eigenvalue weighted by atomic mass is 79.9. The molecule has 0 fully saturated rings. The largest absolute Gasteiger partial charge is 0.495 e. The van der Waals surface area contributed by atoms with Crippen molar-refractivity contribution in [2.75, 3.05) is 14.2 Å². The molecule has 0 aliphatic heterocycles. The molecule has 3 nitrogen and oxygen atoms in total. The Balaban J connectivity index is 3.12. The third kappa shape index (κ3) is 3.04. The lowest BCUT2D eigenvalue weighted by Crippen LogP contribution is -1.97. The maximum Gasteiger partial charge on any atom is 0.136 e. The van der Waals surface area contributed by atoms with E-state index in [2.05, 4.69) is 15.9 Å². The second-order valence-electron chi connectivity index (χ2n) is 3.07. The summed E-state index contributed by atoms with van der Waals surface area (Å²) in [6.07, 6.45) is 1.21. The van der Waals surface area contributed by atoms with Crippen molar-refractivity contribution < 1.29 is 14.3 Å². The summed E-state index contributed by atoms with van der Waals surface area (Å²) >= 11 is 3.40. The van der Waals surface area contributed by atoms with E-state index >= 15 is 0 Å². The van der Waals surface area contributed by atoms with Gasteiger partial charge in [-0.1, -0.05) is 0 Å². The van der Waals surface area contributed by atoms with Crippen LogP contribution in [-0.2, 0) is 22.6 Å². The van der Waals surface area contributed by atoms with Gasteiger partial charge in [-0.15, -0.1) is 0 Å². The van der Waals surface area contributed by atoms with Crippen LogP contribution in [0.3, 0.4) is 0 Å². The molecule has 0 aliphatic rings. The van der Waals surface area contributed by atoms with Crippen molar-refractivity contribution in [2.24, 2.45) is 0 Å². The van der Waals surface area contributed by atoms with Crippen LogP contribution in [0.25, 0.3) is 0 Å². The first kappa shape index (κ1) is 12.2. The third-order valence-corrected chi connectivity index (χ3v) is 2.59. The molecule has 0 spiro atoms. The molecule has 1 aromatic rings. The van der Waals surface area contributed by atoms with Crippen molar-refractivity contribution in [3.05, 3.63) is 27.7 Å². The summed E-state index contributed by atoms with van der Waals surface area (Å²) in [5.74, 6) is 0.710. The normalized spacial score (nSPS) is 10.1. The van der Waals surface area contributed by atoms with Gasteiger partial charge in [-0.05, 0) is 33.6 Å². The molecule has 1 rings (SSSR count). The van der Waals surface area contributed by atoms with Gasteiger partial charge < -0.3 is 14.3 Å². The van der Waals surface area contributed by atoms with Gasteiger partial charge in [0.25, 0.3) is 0 Å². The predicted octanol–water partition coefficient (Wildman–Crippen LogP) is 2.35. The van der Waals surface area contributed by atoms with Crippen LogP contribution in [0.1, 0.15) is 11.1 Å². The van der Waals surface area contributed by atoms with E-state index in [1.807, 2.05) is 12.1 Å². The van der Waals surface area contributed by atoms with Crippen LogP contribution in [0, 0.1) is 0 Å². The average Bonchev–Trinajstić information content (AvgIpc) is 2.18. The zero-order chi connectivity index (χ0) is 11.3. The lowest BCUT2D eigenvalue weighted by Gasteiger charge is -2.11. The minimum Gasteiger partial charge on any atom is -0.495 e. The molecule has 0 amide bonds. The summed E-state index contributed by atoms with van der Waals surface area (Å²) in [7, 11) is 3.22. The summed E-state index contributed by atoms with van der Waals surface area (Å²) in [4.78, 5) is 10.5. The Labute approximate surface area is 97.5 Å². The quantitative estimate of drug-likeness (QED) is 0.772. The first-order valence-electron chi connectivity index (χ1n) is 4.50. The maximum absolute atomic E-state index is 10.5. The van der Waals surface area contributed by atoms with Gasteiger partial charge in [-0.25, -0.2) is 0 Å². The van der Waals surface area contributed by atoms with Crippen LogP contribution in [0.2, 0.25) is 0 Å². The van der Waals surface area contributed by atoms with Gasteiger partial charge in [0.15, 0.2) is 0 Å². The first-order chi connectivity index (χ1) is 7.22. The molecule has 82 valence electrons. The van der Waals surface area contributed by atoms with Crippen LogP contribution >= 0.6 is 15.9 Å². The van der Waals surface area contributed by atoms with E-state index in [0.717, 1.165) is 21.9 Å². The van der Waals surface area contributed by atoms with Crippen LogP contribution in [0.15, 0.2) is 16.6 Å². The smallest absolute Gasteiger partial charge is 0.136 e. The molecule has 0 heterocycles. The molecule has 15 heavy (non-hydrogen) atoms. The number of benzene rings is 1. The molecule has 0 atom stereocenters. The first-order valence-corrected chi connectivity index (χ1v) is 5.30. The topological polar surface area (TPSA) is 35.5 Å². The molecule has 0 N–H and O–H groups in total. The van der Waals surface area contributed by atoms with Crippen LogP contribution in [-0.4, -0.2) is 20.5 Å². The van der Waals surface area contributed by atoms with Gasteiger partial charge in [0, 0.05) is 19.1 Å². The zero-order valence-corrected chi connectivity index (χ0v) is 10.3. The van der Waals surface area contributed by atoms with E-state index in [0.29, 0.717) is 18.8 Å². The second kappa shape index (κ2) is 5.88. The van der Waals surface area contributed by atoms with E-state index < -0.39 is 0 Å². The van der Waals surface area contributed by atoms with E-state index in [4.69, 9.17) is 9.47 Å². The molecular weight excluding hydrogens is 260 g/mol. The number of methoxy groups -OCH3 is 2. The summed E-state index contributed by atoms with van der Waals surface area (Å²) in [6, 6.07) is 3.85. The molecule has 0 bridgehead atoms. The fourth-order valence-electron chi connectivity index (χ4n) is 1.43. The lowest BCUT2D eigenvalue weighted by atomic mass is 10.1. The molecule has 1 aromatic carbocycles. The van der Waals surface area contributed by atoms with Crippen LogP contribution < -0.4 is 4.74 Å². The number of carbonyl (C=O) groups excluding carboxylic acids is 1. The molecule has 0 radical (unpaired) electrons. The number of rotatable bonds is 5. The van der Waals surface area contributed by atoms with Crippen molar-refractivity contribution in [1.82, 2.24) is 0 Å². The van der Waals surface area contributed by atoms with Crippen molar-refractivity contribution in [3.63, 3.8) is 0 Å². The summed E-state index contributed by atoms with van der Waals surface area (Å²) in [5, 5.41) is 0. The molecule has 0 aliphatic carbocycles. The van der Waals surface area contributed by atoms with Crippen molar-refractivity contribution >= 4 is 22.2 Å². The second-order valence-corrected chi connectivity index (χ2v) is 3.93. The fraction of sp³-hybridized carbons (Fsp3) is 0.364.